The molecule has 1 heterocycles. The van der Waals surface area contributed by atoms with Gasteiger partial charge in [0.15, 0.2) is 0 Å². The zero-order valence-corrected chi connectivity index (χ0v) is 20.7. The Morgan fingerprint density at radius 3 is 2.08 bits per heavy atom. The van der Waals surface area contributed by atoms with E-state index in [-0.39, 0.29) is 28.5 Å². The summed E-state index contributed by atoms with van der Waals surface area (Å²) < 4.78 is 18.3. The lowest BCUT2D eigenvalue weighted by Crippen LogP contribution is -2.38. The summed E-state index contributed by atoms with van der Waals surface area (Å²) in [6.45, 7) is 3.57. The van der Waals surface area contributed by atoms with Crippen molar-refractivity contribution in [3.05, 3.63) is 94.8 Å². The van der Waals surface area contributed by atoms with E-state index in [9.17, 15) is 18.8 Å². The zero-order valence-electron chi connectivity index (χ0n) is 19.9. The topological polar surface area (TPSA) is 87.7 Å². The van der Waals surface area contributed by atoms with Crippen LogP contribution in [-0.4, -0.2) is 35.8 Å². The van der Waals surface area contributed by atoms with Gasteiger partial charge in [0.25, 0.3) is 17.7 Å². The number of methoxy groups -OCH3 is 1. The number of benzene rings is 3. The highest BCUT2D eigenvalue weighted by Crippen LogP contribution is 2.37. The van der Waals surface area contributed by atoms with E-state index in [4.69, 9.17) is 4.74 Å². The highest BCUT2D eigenvalue weighted by Gasteiger charge is 2.40. The van der Waals surface area contributed by atoms with Gasteiger partial charge in [0.2, 0.25) is 0 Å². The van der Waals surface area contributed by atoms with Gasteiger partial charge >= 0.3 is 0 Å². The molecule has 0 atom stereocenters. The Balaban J connectivity index is 1.54. The molecule has 0 saturated carbocycles. The van der Waals surface area contributed by atoms with Crippen LogP contribution < -0.4 is 15.4 Å². The largest absolute Gasteiger partial charge is 0.497 e. The van der Waals surface area contributed by atoms with E-state index in [1.165, 1.54) is 40.9 Å². The van der Waals surface area contributed by atoms with Gasteiger partial charge in [0.05, 0.1) is 7.11 Å². The number of imide groups is 1. The zero-order chi connectivity index (χ0) is 25.8. The molecule has 0 spiro atoms. The minimum Gasteiger partial charge on any atom is -0.497 e. The van der Waals surface area contributed by atoms with Crippen LogP contribution in [0.5, 0.6) is 5.75 Å². The van der Waals surface area contributed by atoms with Gasteiger partial charge in [0, 0.05) is 27.9 Å². The van der Waals surface area contributed by atoms with E-state index in [1.54, 1.807) is 69.5 Å². The summed E-state index contributed by atoms with van der Waals surface area (Å²) in [7, 11) is 1.57. The molecule has 184 valence electrons. The van der Waals surface area contributed by atoms with Crippen LogP contribution in [0.2, 0.25) is 0 Å². The van der Waals surface area contributed by atoms with E-state index >= 15 is 0 Å². The van der Waals surface area contributed by atoms with Crippen molar-refractivity contribution < 1.29 is 23.5 Å². The standard InChI is InChI=1S/C27H24FN3O4S/c1-16(2)31-26(33)23(29-19-8-12-21(35-3)13-9-19)24(27(31)34)36-22-14-10-20(11-15-22)30-25(32)17-4-6-18(28)7-5-17/h4-16,29H,1-3H3,(H,30,32). The van der Waals surface area contributed by atoms with Crippen molar-refractivity contribution in [2.45, 2.75) is 24.8 Å². The molecule has 0 unspecified atom stereocenters. The first-order chi connectivity index (χ1) is 17.3. The predicted molar refractivity (Wildman–Crippen MR) is 137 cm³/mol. The number of ether oxygens (including phenoxy) is 1. The number of nitrogens with zero attached hydrogens (tertiary/aromatic N) is 1. The lowest BCUT2D eigenvalue weighted by molar-refractivity contribution is -0.139. The van der Waals surface area contributed by atoms with Crippen molar-refractivity contribution in [3.63, 3.8) is 0 Å². The van der Waals surface area contributed by atoms with E-state index in [0.29, 0.717) is 27.6 Å². The fraction of sp³-hybridized carbons (Fsp3) is 0.148. The summed E-state index contributed by atoms with van der Waals surface area (Å²) in [4.78, 5) is 40.8. The van der Waals surface area contributed by atoms with Crippen LogP contribution in [0, 0.1) is 5.82 Å². The maximum atomic E-state index is 13.1. The van der Waals surface area contributed by atoms with Crippen LogP contribution in [0.4, 0.5) is 15.8 Å². The third-order valence-corrected chi connectivity index (χ3v) is 6.48. The number of thioether (sulfide) groups is 1. The first kappa shape index (κ1) is 25.0. The van der Waals surface area contributed by atoms with Crippen molar-refractivity contribution >= 4 is 40.9 Å². The quantitative estimate of drug-likeness (QED) is 0.405. The fourth-order valence-electron chi connectivity index (χ4n) is 3.55. The number of carbonyl (C=O) groups is 3. The molecule has 0 aliphatic carbocycles. The van der Waals surface area contributed by atoms with Crippen LogP contribution >= 0.6 is 11.8 Å². The summed E-state index contributed by atoms with van der Waals surface area (Å²) in [6, 6.07) is 18.9. The molecule has 1 aliphatic rings. The second kappa shape index (κ2) is 10.7. The molecule has 7 nitrogen and oxygen atoms in total. The fourth-order valence-corrected chi connectivity index (χ4v) is 4.48. The number of hydrogen-bond acceptors (Lipinski definition) is 6. The Morgan fingerprint density at radius 2 is 1.50 bits per heavy atom. The van der Waals surface area contributed by atoms with E-state index in [0.717, 1.165) is 0 Å². The van der Waals surface area contributed by atoms with Gasteiger partial charge in [-0.25, -0.2) is 4.39 Å². The van der Waals surface area contributed by atoms with Gasteiger partial charge in [-0.2, -0.15) is 0 Å². The van der Waals surface area contributed by atoms with E-state index in [1.807, 2.05) is 0 Å². The van der Waals surface area contributed by atoms with Crippen LogP contribution in [0.1, 0.15) is 24.2 Å². The van der Waals surface area contributed by atoms with Crippen molar-refractivity contribution in [3.8, 4) is 5.75 Å². The first-order valence-electron chi connectivity index (χ1n) is 11.1. The van der Waals surface area contributed by atoms with E-state index in [2.05, 4.69) is 10.6 Å². The van der Waals surface area contributed by atoms with Gasteiger partial charge in [-0.1, -0.05) is 11.8 Å². The maximum Gasteiger partial charge on any atom is 0.278 e. The lowest BCUT2D eigenvalue weighted by atomic mass is 10.2. The van der Waals surface area contributed by atoms with Gasteiger partial charge < -0.3 is 15.4 Å². The van der Waals surface area contributed by atoms with Crippen LogP contribution in [0.25, 0.3) is 0 Å². The summed E-state index contributed by atoms with van der Waals surface area (Å²) in [5.74, 6) is -0.873. The second-order valence-electron chi connectivity index (χ2n) is 8.22. The number of carbonyl (C=O) groups excluding carboxylic acids is 3. The molecular weight excluding hydrogens is 481 g/mol. The average molecular weight is 506 g/mol. The number of anilines is 2. The molecule has 9 heteroatoms. The summed E-state index contributed by atoms with van der Waals surface area (Å²) in [5, 5.41) is 5.85. The molecule has 0 aromatic heterocycles. The molecule has 0 fully saturated rings. The predicted octanol–water partition coefficient (Wildman–Crippen LogP) is 5.28. The number of hydrogen-bond donors (Lipinski definition) is 2. The lowest BCUT2D eigenvalue weighted by Gasteiger charge is -2.19. The minimum atomic E-state index is -0.418. The highest BCUT2D eigenvalue weighted by atomic mass is 32.2. The monoisotopic (exact) mass is 505 g/mol. The van der Waals surface area contributed by atoms with E-state index < -0.39 is 11.7 Å². The SMILES string of the molecule is COc1ccc(NC2=C(Sc3ccc(NC(=O)c4ccc(F)cc4)cc3)C(=O)N(C(C)C)C2=O)cc1. The van der Waals surface area contributed by atoms with Gasteiger partial charge in [-0.05, 0) is 86.6 Å². The van der Waals surface area contributed by atoms with Crippen molar-refractivity contribution in [1.82, 2.24) is 4.90 Å². The molecule has 3 aromatic rings. The average Bonchev–Trinajstić information content (AvgIpc) is 3.10. The molecule has 36 heavy (non-hydrogen) atoms. The van der Waals surface area contributed by atoms with Gasteiger partial charge in [0.1, 0.15) is 22.2 Å². The maximum absolute atomic E-state index is 13.1. The highest BCUT2D eigenvalue weighted by molar-refractivity contribution is 8.04. The van der Waals surface area contributed by atoms with Crippen molar-refractivity contribution in [1.29, 1.82) is 0 Å². The number of amides is 3. The first-order valence-corrected chi connectivity index (χ1v) is 12.0. The Bertz CT molecular complexity index is 1320. The molecule has 2 N–H and O–H groups in total. The van der Waals surface area contributed by atoms with Crippen molar-refractivity contribution in [2.24, 2.45) is 0 Å². The molecule has 0 saturated heterocycles. The number of halogens is 1. The Kier molecular flexibility index (Phi) is 7.40. The number of rotatable bonds is 8. The van der Waals surface area contributed by atoms with Gasteiger partial charge in [-0.3, -0.25) is 19.3 Å². The number of nitrogens with one attached hydrogen (secondary N) is 2. The van der Waals surface area contributed by atoms with Crippen LogP contribution in [0.3, 0.4) is 0 Å². The third kappa shape index (κ3) is 5.41. The summed E-state index contributed by atoms with van der Waals surface area (Å²) in [6.07, 6.45) is 0. The smallest absolute Gasteiger partial charge is 0.278 e. The molecule has 3 aromatic carbocycles. The Hall–Kier alpha value is -4.11. The summed E-state index contributed by atoms with van der Waals surface area (Å²) in [5.41, 5.74) is 1.72. The van der Waals surface area contributed by atoms with Gasteiger partial charge in [-0.15, -0.1) is 0 Å². The molecule has 0 radical (unpaired) electrons. The Labute approximate surface area is 212 Å². The Morgan fingerprint density at radius 1 is 0.889 bits per heavy atom. The van der Waals surface area contributed by atoms with Crippen molar-refractivity contribution in [2.75, 3.05) is 17.7 Å². The molecule has 4 rings (SSSR count). The molecule has 0 bridgehead atoms. The molecular formula is C27H24FN3O4S. The summed E-state index contributed by atoms with van der Waals surface area (Å²) >= 11 is 1.17. The third-order valence-electron chi connectivity index (χ3n) is 5.39. The van der Waals surface area contributed by atoms with Crippen LogP contribution in [-0.2, 0) is 9.59 Å². The second-order valence-corrected chi connectivity index (χ2v) is 9.30. The van der Waals surface area contributed by atoms with Crippen LogP contribution in [0.15, 0.2) is 88.3 Å². The minimum absolute atomic E-state index is 0.206. The normalized spacial score (nSPS) is 13.4. The molecule has 1 aliphatic heterocycles. The molecule has 3 amide bonds.